The fourth-order valence-corrected chi connectivity index (χ4v) is 2.46. The van der Waals surface area contributed by atoms with Gasteiger partial charge in [0.05, 0.1) is 27.8 Å². The lowest BCUT2D eigenvalue weighted by Crippen LogP contribution is -2.30. The summed E-state index contributed by atoms with van der Waals surface area (Å²) >= 11 is 0. The Morgan fingerprint density at radius 1 is 0.963 bits per heavy atom. The van der Waals surface area contributed by atoms with Crippen LogP contribution in [0.2, 0.25) is 0 Å². The summed E-state index contributed by atoms with van der Waals surface area (Å²) in [7, 11) is 4.49. The highest BCUT2D eigenvalue weighted by atomic mass is 16.5. The first kappa shape index (κ1) is 20.1. The van der Waals surface area contributed by atoms with Gasteiger partial charge in [-0.05, 0) is 36.8 Å². The third kappa shape index (κ3) is 5.37. The second-order valence-corrected chi connectivity index (χ2v) is 5.70. The molecule has 0 aliphatic heterocycles. The molecule has 0 aliphatic rings. The summed E-state index contributed by atoms with van der Waals surface area (Å²) in [5.74, 6) is 0.371. The fraction of sp³-hybridized carbons (Fsp3) is 0.300. The van der Waals surface area contributed by atoms with Crippen LogP contribution in [0.5, 0.6) is 17.2 Å². The van der Waals surface area contributed by atoms with Crippen LogP contribution in [-0.2, 0) is 20.7 Å². The molecule has 2 aromatic rings. The van der Waals surface area contributed by atoms with Crippen LogP contribution in [0, 0.1) is 0 Å². The Labute approximate surface area is 158 Å². The minimum atomic E-state index is -0.931. The van der Waals surface area contributed by atoms with E-state index in [4.69, 9.17) is 18.9 Å². The van der Waals surface area contributed by atoms with Crippen molar-refractivity contribution < 1.29 is 28.5 Å². The Balaban J connectivity index is 2.01. The maximum Gasteiger partial charge on any atom is 0.311 e. The SMILES string of the molecule is COc1cc(CC(=O)O[C@@H](C)C(=O)Nc2ccccc2)cc(OC)c1OC. The molecule has 1 amide bonds. The lowest BCUT2D eigenvalue weighted by atomic mass is 10.1. The number of hydrogen-bond acceptors (Lipinski definition) is 6. The molecule has 2 rings (SSSR count). The number of nitrogens with one attached hydrogen (secondary N) is 1. The van der Waals surface area contributed by atoms with E-state index in [9.17, 15) is 9.59 Å². The van der Waals surface area contributed by atoms with Gasteiger partial charge in [-0.2, -0.15) is 0 Å². The highest BCUT2D eigenvalue weighted by Gasteiger charge is 2.20. The molecule has 0 unspecified atom stereocenters. The molecule has 0 aliphatic carbocycles. The maximum absolute atomic E-state index is 12.2. The number of benzene rings is 2. The molecule has 0 radical (unpaired) electrons. The summed E-state index contributed by atoms with van der Waals surface area (Å²) in [6.07, 6.45) is -0.973. The van der Waals surface area contributed by atoms with Crippen LogP contribution in [-0.4, -0.2) is 39.3 Å². The first-order valence-corrected chi connectivity index (χ1v) is 8.32. The van der Waals surface area contributed by atoms with Crippen molar-refractivity contribution in [3.05, 3.63) is 48.0 Å². The zero-order chi connectivity index (χ0) is 19.8. The van der Waals surface area contributed by atoms with E-state index in [0.29, 0.717) is 28.5 Å². The van der Waals surface area contributed by atoms with Crippen LogP contribution >= 0.6 is 0 Å². The third-order valence-corrected chi connectivity index (χ3v) is 3.79. The van der Waals surface area contributed by atoms with E-state index in [1.165, 1.54) is 28.3 Å². The number of methoxy groups -OCH3 is 3. The number of anilines is 1. The van der Waals surface area contributed by atoms with Crippen molar-refractivity contribution in [1.29, 1.82) is 0 Å². The van der Waals surface area contributed by atoms with Gasteiger partial charge in [0.2, 0.25) is 5.75 Å². The Kier molecular flexibility index (Phi) is 7.05. The van der Waals surface area contributed by atoms with Crippen molar-refractivity contribution in [3.63, 3.8) is 0 Å². The zero-order valence-electron chi connectivity index (χ0n) is 15.8. The first-order chi connectivity index (χ1) is 13.0. The molecule has 7 heteroatoms. The molecule has 1 N–H and O–H groups in total. The van der Waals surface area contributed by atoms with Gasteiger partial charge in [-0.25, -0.2) is 0 Å². The molecule has 0 saturated carbocycles. The molecule has 0 aromatic heterocycles. The number of para-hydroxylation sites is 1. The first-order valence-electron chi connectivity index (χ1n) is 8.32. The van der Waals surface area contributed by atoms with E-state index in [0.717, 1.165) is 0 Å². The van der Waals surface area contributed by atoms with Crippen LogP contribution in [0.3, 0.4) is 0 Å². The van der Waals surface area contributed by atoms with Gasteiger partial charge in [0.15, 0.2) is 17.6 Å². The number of hydrogen-bond donors (Lipinski definition) is 1. The van der Waals surface area contributed by atoms with Gasteiger partial charge >= 0.3 is 5.97 Å². The zero-order valence-corrected chi connectivity index (χ0v) is 15.8. The molecule has 0 spiro atoms. The molecule has 144 valence electrons. The highest BCUT2D eigenvalue weighted by molar-refractivity contribution is 5.95. The van der Waals surface area contributed by atoms with Crippen molar-refractivity contribution in [2.24, 2.45) is 0 Å². The van der Waals surface area contributed by atoms with E-state index in [1.807, 2.05) is 6.07 Å². The van der Waals surface area contributed by atoms with Gasteiger partial charge < -0.3 is 24.3 Å². The maximum atomic E-state index is 12.2. The van der Waals surface area contributed by atoms with Crippen molar-refractivity contribution in [2.75, 3.05) is 26.6 Å². The molecule has 7 nitrogen and oxygen atoms in total. The summed E-state index contributed by atoms with van der Waals surface area (Å²) < 4.78 is 21.0. The third-order valence-electron chi connectivity index (χ3n) is 3.79. The van der Waals surface area contributed by atoms with E-state index in [2.05, 4.69) is 5.32 Å². The van der Waals surface area contributed by atoms with Crippen LogP contribution in [0.1, 0.15) is 12.5 Å². The fourth-order valence-electron chi connectivity index (χ4n) is 2.46. The lowest BCUT2D eigenvalue weighted by molar-refractivity contribution is -0.152. The Morgan fingerprint density at radius 3 is 2.07 bits per heavy atom. The number of esters is 1. The quantitative estimate of drug-likeness (QED) is 0.717. The van der Waals surface area contributed by atoms with Gasteiger partial charge in [-0.1, -0.05) is 18.2 Å². The van der Waals surface area contributed by atoms with Gasteiger partial charge in [0, 0.05) is 5.69 Å². The number of rotatable bonds is 8. The molecular formula is C20H23NO6. The molecule has 1 atom stereocenters. The van der Waals surface area contributed by atoms with Crippen LogP contribution in [0.4, 0.5) is 5.69 Å². The summed E-state index contributed by atoms with van der Waals surface area (Å²) in [5.41, 5.74) is 1.25. The number of carbonyl (C=O) groups is 2. The number of amides is 1. The average molecular weight is 373 g/mol. The highest BCUT2D eigenvalue weighted by Crippen LogP contribution is 2.38. The predicted octanol–water partition coefficient (Wildman–Crippen LogP) is 2.83. The second kappa shape index (κ2) is 9.47. The van der Waals surface area contributed by atoms with Gasteiger partial charge in [0.1, 0.15) is 0 Å². The van der Waals surface area contributed by atoms with E-state index >= 15 is 0 Å². The van der Waals surface area contributed by atoms with Gasteiger partial charge in [0.25, 0.3) is 5.91 Å². The minimum Gasteiger partial charge on any atom is -0.493 e. The molecule has 27 heavy (non-hydrogen) atoms. The summed E-state index contributed by atoms with van der Waals surface area (Å²) in [6, 6.07) is 12.3. The Bertz CT molecular complexity index is 765. The van der Waals surface area contributed by atoms with Crippen molar-refractivity contribution >= 4 is 17.6 Å². The molecule has 0 bridgehead atoms. The largest absolute Gasteiger partial charge is 0.493 e. The van der Waals surface area contributed by atoms with Crippen molar-refractivity contribution in [1.82, 2.24) is 0 Å². The van der Waals surface area contributed by atoms with Gasteiger partial charge in [-0.3, -0.25) is 9.59 Å². The Hall–Kier alpha value is -3.22. The molecule has 0 heterocycles. The number of ether oxygens (including phenoxy) is 4. The van der Waals surface area contributed by atoms with Crippen LogP contribution < -0.4 is 19.5 Å². The monoisotopic (exact) mass is 373 g/mol. The lowest BCUT2D eigenvalue weighted by Gasteiger charge is -2.15. The van der Waals surface area contributed by atoms with Gasteiger partial charge in [-0.15, -0.1) is 0 Å². The van der Waals surface area contributed by atoms with Crippen LogP contribution in [0.15, 0.2) is 42.5 Å². The summed E-state index contributed by atoms with van der Waals surface area (Å²) in [5, 5.41) is 2.69. The molecule has 0 saturated heterocycles. The standard InChI is InChI=1S/C20H23NO6/c1-13(20(23)21-15-8-6-5-7-9-15)27-18(22)12-14-10-16(24-2)19(26-4)17(11-14)25-3/h5-11,13H,12H2,1-4H3,(H,21,23)/t13-/m0/s1. The van der Waals surface area contributed by atoms with Crippen molar-refractivity contribution in [3.8, 4) is 17.2 Å². The molecule has 2 aromatic carbocycles. The van der Waals surface area contributed by atoms with E-state index in [-0.39, 0.29) is 6.42 Å². The summed E-state index contributed by atoms with van der Waals surface area (Å²) in [4.78, 5) is 24.4. The van der Waals surface area contributed by atoms with E-state index < -0.39 is 18.0 Å². The smallest absolute Gasteiger partial charge is 0.311 e. The summed E-state index contributed by atoms with van der Waals surface area (Å²) in [6.45, 7) is 1.52. The molecule has 0 fully saturated rings. The minimum absolute atomic E-state index is 0.0420. The average Bonchev–Trinajstić information content (AvgIpc) is 2.67. The number of carbonyl (C=O) groups excluding carboxylic acids is 2. The Morgan fingerprint density at radius 2 is 1.56 bits per heavy atom. The van der Waals surface area contributed by atoms with Crippen molar-refractivity contribution in [2.45, 2.75) is 19.4 Å². The van der Waals surface area contributed by atoms with E-state index in [1.54, 1.807) is 36.4 Å². The second-order valence-electron chi connectivity index (χ2n) is 5.70. The predicted molar refractivity (Wildman–Crippen MR) is 100 cm³/mol. The van der Waals surface area contributed by atoms with Crippen LogP contribution in [0.25, 0.3) is 0 Å². The topological polar surface area (TPSA) is 83.1 Å². The normalized spacial score (nSPS) is 11.3. The molecular weight excluding hydrogens is 350 g/mol.